The van der Waals surface area contributed by atoms with Crippen LogP contribution >= 0.6 is 47.8 Å². The average molecular weight is 717 g/mol. The second kappa shape index (κ2) is 16.8. The van der Waals surface area contributed by atoms with Crippen LogP contribution in [0.25, 0.3) is 0 Å². The van der Waals surface area contributed by atoms with Crippen LogP contribution in [0, 0.1) is 30.2 Å². The van der Waals surface area contributed by atoms with E-state index in [-0.39, 0.29) is 8.95 Å². The molecular weight excluding hydrogens is 708 g/mol. The van der Waals surface area contributed by atoms with Crippen LogP contribution in [0.1, 0.15) is 11.1 Å². The van der Waals surface area contributed by atoms with E-state index in [1.54, 1.807) is 26.6 Å². The molecule has 0 amide bonds. The van der Waals surface area contributed by atoms with Crippen LogP contribution in [0.4, 0.5) is 17.6 Å². The van der Waals surface area contributed by atoms with E-state index in [2.05, 4.69) is 70.2 Å². The van der Waals surface area contributed by atoms with Gasteiger partial charge in [-0.25, -0.2) is 17.6 Å². The van der Waals surface area contributed by atoms with Gasteiger partial charge in [0.15, 0.2) is 0 Å². The van der Waals surface area contributed by atoms with Gasteiger partial charge < -0.3 is 0 Å². The maximum Gasteiger partial charge on any atom is 0.141 e. The highest BCUT2D eigenvalue weighted by Gasteiger charge is 2.07. The van der Waals surface area contributed by atoms with Crippen LogP contribution in [0.5, 0.6) is 0 Å². The SMILES string of the molecule is Cc1cc(F)cc(Br)c1F.Fc1cc(Br)c(F)c(CBr)c1.S=S=S=S=S=S=S. The molecule has 156 valence electrons. The van der Waals surface area contributed by atoms with Crippen molar-refractivity contribution in [3.63, 3.8) is 0 Å². The molecule has 2 aromatic rings. The lowest BCUT2D eigenvalue weighted by molar-refractivity contribution is 0.585. The quantitative estimate of drug-likeness (QED) is 0.185. The van der Waals surface area contributed by atoms with Crippen molar-refractivity contribution in [1.29, 1.82) is 0 Å². The van der Waals surface area contributed by atoms with Crippen LogP contribution in [-0.2, 0) is 72.1 Å². The lowest BCUT2D eigenvalue weighted by Crippen LogP contribution is -1.89. The summed E-state index contributed by atoms with van der Waals surface area (Å²) in [5.41, 5.74) is 0.628. The second-order valence-electron chi connectivity index (χ2n) is 4.35. The van der Waals surface area contributed by atoms with E-state index in [9.17, 15) is 17.6 Å². The Morgan fingerprint density at radius 3 is 1.68 bits per heavy atom. The number of alkyl halides is 1. The summed E-state index contributed by atoms with van der Waals surface area (Å²) in [6, 6.07) is 4.51. The minimum atomic E-state index is -0.437. The van der Waals surface area contributed by atoms with Gasteiger partial charge >= 0.3 is 0 Å². The maximum absolute atomic E-state index is 12.9. The van der Waals surface area contributed by atoms with Crippen LogP contribution < -0.4 is 0 Å². The summed E-state index contributed by atoms with van der Waals surface area (Å²) in [5, 5.41) is 0.315. The van der Waals surface area contributed by atoms with Gasteiger partial charge in [0.2, 0.25) is 0 Å². The summed E-state index contributed by atoms with van der Waals surface area (Å²) in [5.74, 6) is -1.68. The standard InChI is InChI=1S/C7H4Br2F2.C7H5BrF2.S7/c8-3-4-1-5(10)2-6(9)7(4)11;1-4-2-5(9)3-6(8)7(4)10;1-3-5-7-6-4-2/h1-2H,3H2;2-3H,1H3;. The minimum absolute atomic E-state index is 0.159. The Kier molecular flexibility index (Phi) is 17.5. The molecule has 0 saturated carbocycles. The van der Waals surface area contributed by atoms with Gasteiger partial charge in [-0.2, -0.15) is 0 Å². The Hall–Kier alpha value is 1.14. The minimum Gasteiger partial charge on any atom is -0.207 e. The Bertz CT molecular complexity index is 975. The van der Waals surface area contributed by atoms with Crippen LogP contribution in [0.3, 0.4) is 0 Å². The third kappa shape index (κ3) is 12.1. The van der Waals surface area contributed by atoms with Crippen LogP contribution in [0.2, 0.25) is 0 Å². The van der Waals surface area contributed by atoms with Crippen LogP contribution in [0.15, 0.2) is 33.2 Å². The number of hydrogen-bond acceptors (Lipinski definition) is 2. The molecule has 0 nitrogen and oxygen atoms in total. The molecule has 0 aliphatic rings. The topological polar surface area (TPSA) is 0 Å². The first kappa shape index (κ1) is 29.1. The predicted octanol–water partition coefficient (Wildman–Crippen LogP) is 6.64. The first-order valence-electron chi connectivity index (χ1n) is 6.56. The van der Waals surface area contributed by atoms with Gasteiger partial charge in [-0.1, -0.05) is 15.9 Å². The van der Waals surface area contributed by atoms with E-state index in [1.807, 2.05) is 0 Å². The van der Waals surface area contributed by atoms with Gasteiger partial charge in [0.05, 0.1) is 8.95 Å². The van der Waals surface area contributed by atoms with Gasteiger partial charge in [-0.15, -0.1) is 0 Å². The smallest absolute Gasteiger partial charge is 0.141 e. The molecule has 0 fully saturated rings. The molecule has 0 aliphatic carbocycles. The Morgan fingerprint density at radius 2 is 1.25 bits per heavy atom. The lowest BCUT2D eigenvalue weighted by Gasteiger charge is -2.00. The van der Waals surface area contributed by atoms with Gasteiger partial charge in [0, 0.05) is 77.7 Å². The monoisotopic (exact) mass is 714 g/mol. The fourth-order valence-corrected chi connectivity index (χ4v) is 11.1. The highest BCUT2D eigenvalue weighted by atomic mass is 79.9. The molecule has 0 N–H and O–H groups in total. The molecule has 0 aromatic heterocycles. The summed E-state index contributed by atoms with van der Waals surface area (Å²) in [6.07, 6.45) is 0. The first-order valence-corrected chi connectivity index (χ1v) is 17.3. The molecule has 0 saturated heterocycles. The second-order valence-corrected chi connectivity index (χ2v) is 15.5. The number of benzene rings is 2. The predicted molar refractivity (Wildman–Crippen MR) is 137 cm³/mol. The van der Waals surface area contributed by atoms with Crippen molar-refractivity contribution in [2.45, 2.75) is 12.3 Å². The van der Waals surface area contributed by atoms with Crippen molar-refractivity contribution in [2.75, 3.05) is 0 Å². The largest absolute Gasteiger partial charge is 0.207 e. The molecule has 2 aromatic carbocycles. The zero-order chi connectivity index (χ0) is 21.7. The van der Waals surface area contributed by atoms with E-state index in [0.717, 1.165) is 24.3 Å². The summed E-state index contributed by atoms with van der Waals surface area (Å²) in [7, 11) is 7.36. The van der Waals surface area contributed by atoms with Crippen molar-refractivity contribution in [3.05, 3.63) is 67.6 Å². The van der Waals surface area contributed by atoms with Crippen molar-refractivity contribution in [3.8, 4) is 0 Å². The highest BCUT2D eigenvalue weighted by molar-refractivity contribution is 9.10. The van der Waals surface area contributed by atoms with Crippen molar-refractivity contribution < 1.29 is 17.6 Å². The molecule has 0 heterocycles. The van der Waals surface area contributed by atoms with E-state index in [0.29, 0.717) is 16.5 Å². The van der Waals surface area contributed by atoms with Gasteiger partial charge in [0.25, 0.3) is 0 Å². The zero-order valence-electron chi connectivity index (χ0n) is 13.5. The molecular formula is C14H9Br3F4S7. The summed E-state index contributed by atoms with van der Waals surface area (Å²) in [6.45, 7) is 1.52. The third-order valence-electron chi connectivity index (χ3n) is 2.50. The van der Waals surface area contributed by atoms with Crippen LogP contribution in [-0.4, -0.2) is 0 Å². The summed E-state index contributed by atoms with van der Waals surface area (Å²) in [4.78, 5) is 0. The number of aryl methyl sites for hydroxylation is 1. The Morgan fingerprint density at radius 1 is 0.786 bits per heavy atom. The molecule has 0 bridgehead atoms. The van der Waals surface area contributed by atoms with Gasteiger partial charge in [-0.3, -0.25) is 0 Å². The van der Waals surface area contributed by atoms with Gasteiger partial charge in [0.1, 0.15) is 23.3 Å². The van der Waals surface area contributed by atoms with E-state index in [4.69, 9.17) is 0 Å². The Balaban J connectivity index is 0.000000402. The Labute approximate surface area is 209 Å². The maximum atomic E-state index is 12.9. The summed E-state index contributed by atoms with van der Waals surface area (Å²) < 4.78 is 51.0. The summed E-state index contributed by atoms with van der Waals surface area (Å²) >= 11 is 18.0. The van der Waals surface area contributed by atoms with E-state index < -0.39 is 23.3 Å². The number of rotatable bonds is 1. The zero-order valence-corrected chi connectivity index (χ0v) is 24.0. The molecule has 0 radical (unpaired) electrons. The molecule has 28 heavy (non-hydrogen) atoms. The van der Waals surface area contributed by atoms with Crippen molar-refractivity contribution in [2.24, 2.45) is 0 Å². The fourth-order valence-electron chi connectivity index (χ4n) is 1.43. The molecule has 0 atom stereocenters. The molecule has 0 aliphatic heterocycles. The third-order valence-corrected chi connectivity index (χ3v) is 13.1. The molecule has 14 heteroatoms. The van der Waals surface area contributed by atoms with E-state index in [1.165, 1.54) is 24.7 Å². The van der Waals surface area contributed by atoms with E-state index >= 15 is 0 Å². The highest BCUT2D eigenvalue weighted by Crippen LogP contribution is 2.22. The lowest BCUT2D eigenvalue weighted by atomic mass is 10.2. The molecule has 0 spiro atoms. The molecule has 0 unspecified atom stereocenters. The first-order chi connectivity index (χ1) is 13.2. The normalized spacial score (nSPS) is 9.14. The molecule has 2 rings (SSSR count). The number of halogens is 7. The fraction of sp³-hybridized carbons (Fsp3) is 0.143. The van der Waals surface area contributed by atoms with Crippen molar-refractivity contribution in [1.82, 2.24) is 0 Å². The average Bonchev–Trinajstić information content (AvgIpc) is 2.64. The van der Waals surface area contributed by atoms with Crippen molar-refractivity contribution >= 4 is 115 Å². The number of hydrogen-bond donors (Lipinski definition) is 0. The van der Waals surface area contributed by atoms with Gasteiger partial charge in [-0.05, 0) is 68.6 Å².